The Bertz CT molecular complexity index is 397. The van der Waals surface area contributed by atoms with Gasteiger partial charge in [0.05, 0.1) is 0 Å². The summed E-state index contributed by atoms with van der Waals surface area (Å²) >= 11 is 0. The van der Waals surface area contributed by atoms with Crippen molar-refractivity contribution in [2.75, 3.05) is 6.54 Å². The van der Waals surface area contributed by atoms with Gasteiger partial charge in [-0.15, -0.1) is 0 Å². The first kappa shape index (κ1) is 8.36. The Morgan fingerprint density at radius 3 is 2.57 bits per heavy atom. The van der Waals surface area contributed by atoms with Crippen LogP contribution in [0.4, 0.5) is 8.78 Å². The van der Waals surface area contributed by atoms with Crippen molar-refractivity contribution in [3.63, 3.8) is 0 Å². The highest BCUT2D eigenvalue weighted by Gasteiger charge is 2.47. The van der Waals surface area contributed by atoms with Gasteiger partial charge in [0.25, 0.3) is 0 Å². The molecule has 0 unspecified atom stereocenters. The van der Waals surface area contributed by atoms with Crippen molar-refractivity contribution >= 4 is 0 Å². The van der Waals surface area contributed by atoms with Crippen molar-refractivity contribution < 1.29 is 8.78 Å². The van der Waals surface area contributed by atoms with E-state index in [-0.39, 0.29) is 5.54 Å². The molecule has 74 valence electrons. The average molecular weight is 195 g/mol. The molecule has 1 aliphatic carbocycles. The van der Waals surface area contributed by atoms with Crippen molar-refractivity contribution in [1.82, 2.24) is 5.32 Å². The van der Waals surface area contributed by atoms with Gasteiger partial charge in [0.1, 0.15) is 0 Å². The Morgan fingerprint density at radius 2 is 1.86 bits per heavy atom. The predicted octanol–water partition coefficient (Wildman–Crippen LogP) is 2.10. The number of halogens is 2. The molecule has 0 aromatic heterocycles. The third-order valence-electron chi connectivity index (χ3n) is 3.27. The van der Waals surface area contributed by atoms with Crippen LogP contribution in [0.15, 0.2) is 12.1 Å². The van der Waals surface area contributed by atoms with Gasteiger partial charge in [-0.2, -0.15) is 0 Å². The third kappa shape index (κ3) is 1.02. The topological polar surface area (TPSA) is 12.0 Å². The van der Waals surface area contributed by atoms with Crippen LogP contribution < -0.4 is 5.32 Å². The first-order valence-corrected chi connectivity index (χ1v) is 4.95. The van der Waals surface area contributed by atoms with Gasteiger partial charge in [-0.1, -0.05) is 0 Å². The van der Waals surface area contributed by atoms with Gasteiger partial charge in [-0.3, -0.25) is 0 Å². The van der Waals surface area contributed by atoms with Crippen LogP contribution in [0.1, 0.15) is 24.0 Å². The second kappa shape index (κ2) is 2.54. The van der Waals surface area contributed by atoms with E-state index in [1.165, 1.54) is 12.1 Å². The standard InChI is InChI=1S/C11H11F2N/c12-9-5-7-1-4-14-11(2-3-11)8(7)6-10(9)13/h5-6,14H,1-4H2. The molecular formula is C11H11F2N. The lowest BCUT2D eigenvalue weighted by Crippen LogP contribution is -2.36. The Balaban J connectivity index is 2.18. The van der Waals surface area contributed by atoms with Crippen LogP contribution in [0, 0.1) is 11.6 Å². The lowest BCUT2D eigenvalue weighted by molar-refractivity contribution is 0.464. The maximum Gasteiger partial charge on any atom is 0.159 e. The summed E-state index contributed by atoms with van der Waals surface area (Å²) in [5.41, 5.74) is 1.94. The zero-order valence-electron chi connectivity index (χ0n) is 7.74. The highest BCUT2D eigenvalue weighted by molar-refractivity contribution is 5.41. The molecule has 0 saturated heterocycles. The predicted molar refractivity (Wildman–Crippen MR) is 49.0 cm³/mol. The van der Waals surface area contributed by atoms with E-state index in [0.717, 1.165) is 36.9 Å². The van der Waals surface area contributed by atoms with Gasteiger partial charge in [0.2, 0.25) is 0 Å². The van der Waals surface area contributed by atoms with Crippen LogP contribution in [0.2, 0.25) is 0 Å². The SMILES string of the molecule is Fc1cc2c(cc1F)C1(CC1)NCC2. The van der Waals surface area contributed by atoms with E-state index in [4.69, 9.17) is 0 Å². The Morgan fingerprint density at radius 1 is 1.14 bits per heavy atom. The molecule has 1 aromatic rings. The van der Waals surface area contributed by atoms with Crippen LogP contribution in [-0.2, 0) is 12.0 Å². The highest BCUT2D eigenvalue weighted by Crippen LogP contribution is 2.48. The quantitative estimate of drug-likeness (QED) is 0.668. The monoisotopic (exact) mass is 195 g/mol. The van der Waals surface area contributed by atoms with E-state index in [9.17, 15) is 8.78 Å². The van der Waals surface area contributed by atoms with E-state index in [0.29, 0.717) is 0 Å². The number of hydrogen-bond donors (Lipinski definition) is 1. The van der Waals surface area contributed by atoms with Crippen molar-refractivity contribution in [2.45, 2.75) is 24.8 Å². The Hall–Kier alpha value is -0.960. The molecule has 1 fully saturated rings. The second-order valence-electron chi connectivity index (χ2n) is 4.18. The van der Waals surface area contributed by atoms with Crippen molar-refractivity contribution in [3.05, 3.63) is 34.9 Å². The second-order valence-corrected chi connectivity index (χ2v) is 4.18. The van der Waals surface area contributed by atoms with Gasteiger partial charge in [-0.25, -0.2) is 8.78 Å². The molecule has 0 amide bonds. The van der Waals surface area contributed by atoms with Crippen LogP contribution in [-0.4, -0.2) is 6.54 Å². The van der Waals surface area contributed by atoms with E-state index in [2.05, 4.69) is 5.32 Å². The number of benzene rings is 1. The van der Waals surface area contributed by atoms with E-state index in [1.807, 2.05) is 0 Å². The minimum Gasteiger partial charge on any atom is -0.307 e. The normalized spacial score (nSPS) is 22.1. The van der Waals surface area contributed by atoms with E-state index in [1.54, 1.807) is 0 Å². The van der Waals surface area contributed by atoms with Crippen molar-refractivity contribution in [2.24, 2.45) is 0 Å². The Labute approximate surface area is 81.1 Å². The maximum absolute atomic E-state index is 13.1. The first-order chi connectivity index (χ1) is 6.71. The number of hydrogen-bond acceptors (Lipinski definition) is 1. The van der Waals surface area contributed by atoms with Crippen LogP contribution in [0.25, 0.3) is 0 Å². The molecule has 0 radical (unpaired) electrons. The number of fused-ring (bicyclic) bond motifs is 2. The summed E-state index contributed by atoms with van der Waals surface area (Å²) in [5, 5.41) is 3.38. The smallest absolute Gasteiger partial charge is 0.159 e. The fourth-order valence-corrected chi connectivity index (χ4v) is 2.34. The summed E-state index contributed by atoms with van der Waals surface area (Å²) in [7, 11) is 0. The lowest BCUT2D eigenvalue weighted by atomic mass is 9.92. The molecule has 1 nitrogen and oxygen atoms in total. The maximum atomic E-state index is 13.1. The van der Waals surface area contributed by atoms with Gasteiger partial charge in [0, 0.05) is 12.1 Å². The van der Waals surface area contributed by atoms with Crippen molar-refractivity contribution in [3.8, 4) is 0 Å². The molecule has 0 bridgehead atoms. The van der Waals surface area contributed by atoms with E-state index < -0.39 is 11.6 Å². The van der Waals surface area contributed by atoms with Gasteiger partial charge in [-0.05, 0) is 42.5 Å². The highest BCUT2D eigenvalue weighted by atomic mass is 19.2. The summed E-state index contributed by atoms with van der Waals surface area (Å²) in [5.74, 6) is -1.44. The van der Waals surface area contributed by atoms with Crippen LogP contribution in [0.3, 0.4) is 0 Å². The molecule has 1 N–H and O–H groups in total. The first-order valence-electron chi connectivity index (χ1n) is 4.95. The summed E-state index contributed by atoms with van der Waals surface area (Å²) < 4.78 is 26.1. The zero-order chi connectivity index (χ0) is 9.76. The molecule has 1 aliphatic heterocycles. The van der Waals surface area contributed by atoms with Gasteiger partial charge in [0.15, 0.2) is 11.6 Å². The van der Waals surface area contributed by atoms with Crippen LogP contribution in [0.5, 0.6) is 0 Å². The molecule has 2 aliphatic rings. The van der Waals surface area contributed by atoms with Gasteiger partial charge < -0.3 is 5.32 Å². The average Bonchev–Trinajstić information content (AvgIpc) is 2.91. The van der Waals surface area contributed by atoms with Crippen LogP contribution >= 0.6 is 0 Å². The molecule has 1 spiro atoms. The number of rotatable bonds is 0. The van der Waals surface area contributed by atoms with E-state index >= 15 is 0 Å². The molecule has 1 saturated carbocycles. The molecule has 14 heavy (non-hydrogen) atoms. The Kier molecular flexibility index (Phi) is 1.52. The van der Waals surface area contributed by atoms with Gasteiger partial charge >= 0.3 is 0 Å². The fraction of sp³-hybridized carbons (Fsp3) is 0.455. The summed E-state index contributed by atoms with van der Waals surface area (Å²) in [6, 6.07) is 2.72. The summed E-state index contributed by atoms with van der Waals surface area (Å²) in [4.78, 5) is 0. The zero-order valence-corrected chi connectivity index (χ0v) is 7.74. The number of nitrogens with one attached hydrogen (secondary N) is 1. The largest absolute Gasteiger partial charge is 0.307 e. The summed E-state index contributed by atoms with van der Waals surface area (Å²) in [6.45, 7) is 0.873. The molecule has 1 heterocycles. The molecule has 1 aromatic carbocycles. The molecular weight excluding hydrogens is 184 g/mol. The molecule has 3 rings (SSSR count). The molecule has 3 heteroatoms. The minimum atomic E-state index is -0.723. The lowest BCUT2D eigenvalue weighted by Gasteiger charge is -2.26. The minimum absolute atomic E-state index is 0.0118. The van der Waals surface area contributed by atoms with Crippen molar-refractivity contribution in [1.29, 1.82) is 0 Å². The fourth-order valence-electron chi connectivity index (χ4n) is 2.34. The third-order valence-corrected chi connectivity index (χ3v) is 3.27. The molecule has 0 atom stereocenters. The summed E-state index contributed by atoms with van der Waals surface area (Å²) in [6.07, 6.45) is 2.89.